The van der Waals surface area contributed by atoms with Crippen LogP contribution in [0.5, 0.6) is 5.75 Å². The topological polar surface area (TPSA) is 89.3 Å². The Bertz CT molecular complexity index is 1230. The van der Waals surface area contributed by atoms with Crippen LogP contribution in [0.2, 0.25) is 5.02 Å². The normalized spacial score (nSPS) is 10.5. The van der Waals surface area contributed by atoms with E-state index in [0.29, 0.717) is 39.2 Å². The van der Waals surface area contributed by atoms with Crippen LogP contribution in [0.15, 0.2) is 75.6 Å². The highest BCUT2D eigenvalue weighted by molar-refractivity contribution is 9.10. The molecule has 0 bridgehead atoms. The molecule has 0 atom stereocenters. The molecule has 31 heavy (non-hydrogen) atoms. The number of carbonyl (C=O) groups is 1. The zero-order chi connectivity index (χ0) is 21.8. The summed E-state index contributed by atoms with van der Waals surface area (Å²) in [5.41, 5.74) is 2.42. The van der Waals surface area contributed by atoms with E-state index in [2.05, 4.69) is 36.8 Å². The number of para-hydroxylation sites is 1. The third kappa shape index (κ3) is 4.87. The van der Waals surface area contributed by atoms with Gasteiger partial charge < -0.3 is 19.8 Å². The highest BCUT2D eigenvalue weighted by atomic mass is 79.9. The van der Waals surface area contributed by atoms with Crippen LogP contribution < -0.4 is 15.4 Å². The van der Waals surface area contributed by atoms with Crippen molar-refractivity contribution in [2.24, 2.45) is 0 Å². The minimum atomic E-state index is -0.412. The van der Waals surface area contributed by atoms with E-state index in [1.54, 1.807) is 55.6 Å². The van der Waals surface area contributed by atoms with E-state index in [1.807, 2.05) is 18.2 Å². The number of nitrogens with zero attached hydrogens (tertiary/aromatic N) is 2. The fourth-order valence-electron chi connectivity index (χ4n) is 2.83. The number of carbonyl (C=O) groups excluding carboxylic acids is 1. The van der Waals surface area contributed by atoms with Gasteiger partial charge in [-0.1, -0.05) is 23.7 Å². The Hall–Kier alpha value is -3.36. The van der Waals surface area contributed by atoms with Crippen LogP contribution in [-0.2, 0) is 0 Å². The number of benzene rings is 3. The zero-order valence-electron chi connectivity index (χ0n) is 16.2. The lowest BCUT2D eigenvalue weighted by Gasteiger charge is -2.10. The molecule has 0 aliphatic heterocycles. The van der Waals surface area contributed by atoms with Crippen molar-refractivity contribution in [3.8, 4) is 28.7 Å². The van der Waals surface area contributed by atoms with Crippen molar-refractivity contribution >= 4 is 44.9 Å². The van der Waals surface area contributed by atoms with E-state index in [4.69, 9.17) is 20.8 Å². The van der Waals surface area contributed by atoms with Crippen molar-refractivity contribution in [3.63, 3.8) is 0 Å². The second-order valence-electron chi connectivity index (χ2n) is 6.39. The van der Waals surface area contributed by atoms with Gasteiger partial charge in [0.1, 0.15) is 5.75 Å². The van der Waals surface area contributed by atoms with E-state index in [1.165, 1.54) is 0 Å². The first-order valence-corrected chi connectivity index (χ1v) is 10.3. The standard InChI is InChI=1S/C22H16BrClN4O3/c1-30-15-10-11-18(23)17(12-15)21-28-27-20(31-21)16-4-2-3-5-19(16)26-22(29)25-14-8-6-13(24)7-9-14/h2-12H,1H3,(H2,25,26,29). The third-order valence-corrected chi connectivity index (χ3v) is 5.28. The molecule has 4 rings (SSSR count). The Balaban J connectivity index is 1.58. The Morgan fingerprint density at radius 1 is 0.968 bits per heavy atom. The molecule has 156 valence electrons. The predicted octanol–water partition coefficient (Wildman–Crippen LogP) is 6.47. The molecule has 3 aromatic carbocycles. The number of urea groups is 1. The van der Waals surface area contributed by atoms with Gasteiger partial charge in [0, 0.05) is 15.2 Å². The van der Waals surface area contributed by atoms with E-state index in [-0.39, 0.29) is 5.89 Å². The summed E-state index contributed by atoms with van der Waals surface area (Å²) in [5, 5.41) is 14.5. The van der Waals surface area contributed by atoms with Crippen molar-refractivity contribution < 1.29 is 13.9 Å². The Labute approximate surface area is 191 Å². The molecule has 2 amide bonds. The second-order valence-corrected chi connectivity index (χ2v) is 7.68. The highest BCUT2D eigenvalue weighted by Gasteiger charge is 2.17. The van der Waals surface area contributed by atoms with Gasteiger partial charge in [-0.25, -0.2) is 4.79 Å². The molecule has 0 fully saturated rings. The number of hydrogen-bond acceptors (Lipinski definition) is 5. The van der Waals surface area contributed by atoms with Crippen molar-refractivity contribution in [3.05, 3.63) is 76.2 Å². The van der Waals surface area contributed by atoms with Gasteiger partial charge >= 0.3 is 6.03 Å². The molecule has 0 radical (unpaired) electrons. The van der Waals surface area contributed by atoms with Crippen LogP contribution in [0.3, 0.4) is 0 Å². The number of anilines is 2. The van der Waals surface area contributed by atoms with Crippen LogP contribution >= 0.6 is 27.5 Å². The first-order valence-electron chi connectivity index (χ1n) is 9.14. The molecule has 1 aromatic heterocycles. The number of halogens is 2. The molecule has 4 aromatic rings. The largest absolute Gasteiger partial charge is 0.497 e. The van der Waals surface area contributed by atoms with Gasteiger partial charge in [0.05, 0.1) is 23.9 Å². The fraction of sp³-hybridized carbons (Fsp3) is 0.0455. The molecule has 0 saturated heterocycles. The molecule has 0 aliphatic rings. The van der Waals surface area contributed by atoms with E-state index < -0.39 is 6.03 Å². The fourth-order valence-corrected chi connectivity index (χ4v) is 3.37. The number of nitrogens with one attached hydrogen (secondary N) is 2. The average molecular weight is 500 g/mol. The second kappa shape index (κ2) is 9.20. The Kier molecular flexibility index (Phi) is 6.20. The maximum atomic E-state index is 12.5. The molecule has 0 saturated carbocycles. The lowest BCUT2D eigenvalue weighted by atomic mass is 10.2. The van der Waals surface area contributed by atoms with Crippen molar-refractivity contribution in [2.45, 2.75) is 0 Å². The van der Waals surface area contributed by atoms with Gasteiger partial charge in [0.25, 0.3) is 0 Å². The SMILES string of the molecule is COc1ccc(Br)c(-c2nnc(-c3ccccc3NC(=O)Nc3ccc(Cl)cc3)o2)c1. The number of rotatable bonds is 5. The van der Waals surface area contributed by atoms with Gasteiger partial charge in [-0.15, -0.1) is 10.2 Å². The summed E-state index contributed by atoms with van der Waals surface area (Å²) >= 11 is 9.37. The summed E-state index contributed by atoms with van der Waals surface area (Å²) in [5.74, 6) is 1.26. The van der Waals surface area contributed by atoms with Crippen LogP contribution in [0.1, 0.15) is 0 Å². The van der Waals surface area contributed by atoms with Crippen molar-refractivity contribution in [1.29, 1.82) is 0 Å². The Morgan fingerprint density at radius 2 is 1.68 bits per heavy atom. The lowest BCUT2D eigenvalue weighted by Crippen LogP contribution is -2.19. The van der Waals surface area contributed by atoms with Crippen LogP contribution in [-0.4, -0.2) is 23.3 Å². The molecule has 1 heterocycles. The van der Waals surface area contributed by atoms with Crippen LogP contribution in [0.25, 0.3) is 22.9 Å². The Morgan fingerprint density at radius 3 is 2.42 bits per heavy atom. The summed E-state index contributed by atoms with van der Waals surface area (Å²) in [6.45, 7) is 0. The number of aromatic nitrogens is 2. The van der Waals surface area contributed by atoms with Crippen molar-refractivity contribution in [2.75, 3.05) is 17.7 Å². The molecule has 0 aliphatic carbocycles. The third-order valence-electron chi connectivity index (χ3n) is 4.34. The number of methoxy groups -OCH3 is 1. The van der Waals surface area contributed by atoms with Gasteiger partial charge in [0.15, 0.2) is 0 Å². The maximum absolute atomic E-state index is 12.5. The highest BCUT2D eigenvalue weighted by Crippen LogP contribution is 2.34. The minimum Gasteiger partial charge on any atom is -0.497 e. The summed E-state index contributed by atoms with van der Waals surface area (Å²) in [6, 6.07) is 19.0. The van der Waals surface area contributed by atoms with Gasteiger partial charge in [-0.2, -0.15) is 0 Å². The summed E-state index contributed by atoms with van der Waals surface area (Å²) < 4.78 is 12.0. The monoisotopic (exact) mass is 498 g/mol. The molecule has 9 heteroatoms. The number of amides is 2. The first kappa shape index (κ1) is 20.9. The van der Waals surface area contributed by atoms with Gasteiger partial charge in [-0.05, 0) is 70.5 Å². The summed E-state index contributed by atoms with van der Waals surface area (Å²) in [4.78, 5) is 12.5. The molecular formula is C22H16BrClN4O3. The molecule has 2 N–H and O–H groups in total. The zero-order valence-corrected chi connectivity index (χ0v) is 18.6. The summed E-state index contributed by atoms with van der Waals surface area (Å²) in [7, 11) is 1.59. The van der Waals surface area contributed by atoms with Crippen molar-refractivity contribution in [1.82, 2.24) is 10.2 Å². The first-order chi connectivity index (χ1) is 15.0. The van der Waals surface area contributed by atoms with Gasteiger partial charge in [-0.3, -0.25) is 0 Å². The van der Waals surface area contributed by atoms with E-state index in [9.17, 15) is 4.79 Å². The predicted molar refractivity (Wildman–Crippen MR) is 124 cm³/mol. The molecule has 7 nitrogen and oxygen atoms in total. The van der Waals surface area contributed by atoms with Crippen LogP contribution in [0, 0.1) is 0 Å². The smallest absolute Gasteiger partial charge is 0.323 e. The minimum absolute atomic E-state index is 0.270. The van der Waals surface area contributed by atoms with Crippen LogP contribution in [0.4, 0.5) is 16.2 Å². The lowest BCUT2D eigenvalue weighted by molar-refractivity contribution is 0.262. The van der Waals surface area contributed by atoms with E-state index in [0.717, 1.165) is 4.47 Å². The molecule has 0 spiro atoms. The maximum Gasteiger partial charge on any atom is 0.323 e. The van der Waals surface area contributed by atoms with Gasteiger partial charge in [0.2, 0.25) is 11.8 Å². The molecular weight excluding hydrogens is 484 g/mol. The average Bonchev–Trinajstić information content (AvgIpc) is 3.26. The number of hydrogen-bond donors (Lipinski definition) is 2. The molecule has 0 unspecified atom stereocenters. The summed E-state index contributed by atoms with van der Waals surface area (Å²) in [6.07, 6.45) is 0. The van der Waals surface area contributed by atoms with E-state index >= 15 is 0 Å². The quantitative estimate of drug-likeness (QED) is 0.328. The number of ether oxygens (including phenoxy) is 1.